The Balaban J connectivity index is 2.02. The molecule has 0 aliphatic heterocycles. The monoisotopic (exact) mass is 219 g/mol. The van der Waals surface area contributed by atoms with E-state index in [2.05, 4.69) is 22.1 Å². The van der Waals surface area contributed by atoms with Gasteiger partial charge in [0.15, 0.2) is 0 Å². The van der Waals surface area contributed by atoms with Crippen LogP contribution in [0.15, 0.2) is 35.0 Å². The van der Waals surface area contributed by atoms with Crippen molar-refractivity contribution in [1.82, 2.24) is 0 Å². The van der Waals surface area contributed by atoms with Crippen LogP contribution >= 0.6 is 11.3 Å². The molecule has 0 saturated heterocycles. The molecule has 2 aromatic rings. The molecule has 0 atom stereocenters. The zero-order chi connectivity index (χ0) is 10.7. The molecule has 0 bridgehead atoms. The average molecular weight is 219 g/mol. The van der Waals surface area contributed by atoms with E-state index in [1.165, 1.54) is 5.56 Å². The molecular formula is C11H13N3S. The van der Waals surface area contributed by atoms with Gasteiger partial charge in [-0.05, 0) is 40.6 Å². The topological polar surface area (TPSA) is 64.1 Å². The fraction of sp³-hybridized carbons (Fsp3) is 0.0909. The van der Waals surface area contributed by atoms with Crippen LogP contribution < -0.4 is 16.8 Å². The molecular weight excluding hydrogens is 206 g/mol. The lowest BCUT2D eigenvalue weighted by molar-refractivity contribution is 1.16. The molecule has 1 aromatic carbocycles. The van der Waals surface area contributed by atoms with Crippen molar-refractivity contribution in [2.75, 3.05) is 16.8 Å². The highest BCUT2D eigenvalue weighted by Crippen LogP contribution is 2.20. The zero-order valence-corrected chi connectivity index (χ0v) is 9.05. The van der Waals surface area contributed by atoms with Gasteiger partial charge in [-0.15, -0.1) is 0 Å². The van der Waals surface area contributed by atoms with Crippen molar-refractivity contribution >= 4 is 28.4 Å². The number of nitrogens with two attached hydrogens (primary N) is 2. The minimum Gasteiger partial charge on any atom is -0.397 e. The zero-order valence-electron chi connectivity index (χ0n) is 8.23. The lowest BCUT2D eigenvalue weighted by atomic mass is 10.2. The summed E-state index contributed by atoms with van der Waals surface area (Å²) >= 11 is 1.70. The number of benzene rings is 1. The maximum atomic E-state index is 5.71. The molecule has 0 radical (unpaired) electrons. The third kappa shape index (κ3) is 2.41. The Labute approximate surface area is 92.7 Å². The third-order valence-electron chi connectivity index (χ3n) is 2.16. The molecule has 3 nitrogen and oxygen atoms in total. The van der Waals surface area contributed by atoms with Crippen LogP contribution in [0.5, 0.6) is 0 Å². The van der Waals surface area contributed by atoms with Gasteiger partial charge in [-0.25, -0.2) is 0 Å². The number of hydrogen-bond acceptors (Lipinski definition) is 4. The van der Waals surface area contributed by atoms with E-state index in [1.807, 2.05) is 18.2 Å². The second-order valence-electron chi connectivity index (χ2n) is 3.33. The number of nitrogens with one attached hydrogen (secondary N) is 1. The summed E-state index contributed by atoms with van der Waals surface area (Å²) in [6, 6.07) is 7.68. The van der Waals surface area contributed by atoms with Gasteiger partial charge < -0.3 is 16.8 Å². The molecule has 0 unspecified atom stereocenters. The highest BCUT2D eigenvalue weighted by atomic mass is 32.1. The van der Waals surface area contributed by atoms with Crippen molar-refractivity contribution in [2.24, 2.45) is 0 Å². The van der Waals surface area contributed by atoms with Crippen LogP contribution in [0.25, 0.3) is 0 Å². The summed E-state index contributed by atoms with van der Waals surface area (Å²) < 4.78 is 0. The van der Waals surface area contributed by atoms with Crippen molar-refractivity contribution in [1.29, 1.82) is 0 Å². The van der Waals surface area contributed by atoms with E-state index < -0.39 is 0 Å². The predicted octanol–water partition coefficient (Wildman–Crippen LogP) is 2.52. The summed E-state index contributed by atoms with van der Waals surface area (Å²) in [5.41, 5.74) is 14.8. The second-order valence-corrected chi connectivity index (χ2v) is 4.11. The standard InChI is InChI=1S/C11H13N3S/c12-10-2-1-9(5-11(10)13)14-6-8-3-4-15-7-8/h1-5,7,14H,6,12-13H2. The van der Waals surface area contributed by atoms with Crippen LogP contribution in [0.3, 0.4) is 0 Å². The van der Waals surface area contributed by atoms with Crippen molar-refractivity contribution < 1.29 is 0 Å². The van der Waals surface area contributed by atoms with Crippen LogP contribution in [0.4, 0.5) is 17.1 Å². The molecule has 1 aromatic heterocycles. The third-order valence-corrected chi connectivity index (χ3v) is 2.90. The van der Waals surface area contributed by atoms with Gasteiger partial charge in [0.2, 0.25) is 0 Å². The molecule has 0 aliphatic carbocycles. The number of hydrogen-bond donors (Lipinski definition) is 3. The molecule has 0 spiro atoms. The number of rotatable bonds is 3. The van der Waals surface area contributed by atoms with Gasteiger partial charge in [0.25, 0.3) is 0 Å². The molecule has 15 heavy (non-hydrogen) atoms. The molecule has 0 aliphatic rings. The Kier molecular flexibility index (Phi) is 2.78. The summed E-state index contributed by atoms with van der Waals surface area (Å²) in [6.07, 6.45) is 0. The Bertz CT molecular complexity index is 437. The SMILES string of the molecule is Nc1ccc(NCc2ccsc2)cc1N. The van der Waals surface area contributed by atoms with E-state index in [4.69, 9.17) is 11.5 Å². The van der Waals surface area contributed by atoms with Gasteiger partial charge in [-0.3, -0.25) is 0 Å². The molecule has 2 rings (SSSR count). The maximum Gasteiger partial charge on any atom is 0.0568 e. The van der Waals surface area contributed by atoms with Gasteiger partial charge in [-0.1, -0.05) is 0 Å². The van der Waals surface area contributed by atoms with Gasteiger partial charge in [0, 0.05) is 12.2 Å². The Hall–Kier alpha value is -1.68. The quantitative estimate of drug-likeness (QED) is 0.695. The van der Waals surface area contributed by atoms with Crippen LogP contribution in [-0.2, 0) is 6.54 Å². The van der Waals surface area contributed by atoms with E-state index in [0.29, 0.717) is 11.4 Å². The number of thiophene rings is 1. The fourth-order valence-electron chi connectivity index (χ4n) is 1.28. The fourth-order valence-corrected chi connectivity index (χ4v) is 1.95. The Morgan fingerprint density at radius 2 is 2.00 bits per heavy atom. The summed E-state index contributed by atoms with van der Waals surface area (Å²) in [5.74, 6) is 0. The Morgan fingerprint density at radius 1 is 1.13 bits per heavy atom. The van der Waals surface area contributed by atoms with Crippen LogP contribution in [0, 0.1) is 0 Å². The summed E-state index contributed by atoms with van der Waals surface area (Å²) in [7, 11) is 0. The molecule has 1 heterocycles. The van der Waals surface area contributed by atoms with Gasteiger partial charge in [0.05, 0.1) is 11.4 Å². The minimum atomic E-state index is 0.616. The summed E-state index contributed by atoms with van der Waals surface area (Å²) in [4.78, 5) is 0. The smallest absolute Gasteiger partial charge is 0.0568 e. The minimum absolute atomic E-state index is 0.616. The lowest BCUT2D eigenvalue weighted by Gasteiger charge is -2.07. The molecule has 0 saturated carbocycles. The first-order valence-electron chi connectivity index (χ1n) is 4.65. The molecule has 78 valence electrons. The highest BCUT2D eigenvalue weighted by Gasteiger charge is 1.97. The summed E-state index contributed by atoms with van der Waals surface area (Å²) in [6.45, 7) is 0.812. The average Bonchev–Trinajstić information content (AvgIpc) is 2.73. The van der Waals surface area contributed by atoms with Gasteiger partial charge in [-0.2, -0.15) is 11.3 Å². The highest BCUT2D eigenvalue weighted by molar-refractivity contribution is 7.07. The van der Waals surface area contributed by atoms with E-state index >= 15 is 0 Å². The molecule has 5 N–H and O–H groups in total. The van der Waals surface area contributed by atoms with E-state index in [0.717, 1.165) is 12.2 Å². The molecule has 4 heteroatoms. The van der Waals surface area contributed by atoms with Crippen LogP contribution in [0.1, 0.15) is 5.56 Å². The first-order valence-corrected chi connectivity index (χ1v) is 5.60. The lowest BCUT2D eigenvalue weighted by Crippen LogP contribution is -2.00. The first kappa shape index (κ1) is 9.86. The Morgan fingerprint density at radius 3 is 2.67 bits per heavy atom. The molecule has 0 fully saturated rings. The van der Waals surface area contributed by atoms with Crippen LogP contribution in [-0.4, -0.2) is 0 Å². The normalized spacial score (nSPS) is 10.1. The first-order chi connectivity index (χ1) is 7.25. The van der Waals surface area contributed by atoms with Crippen molar-refractivity contribution in [3.8, 4) is 0 Å². The van der Waals surface area contributed by atoms with E-state index in [9.17, 15) is 0 Å². The van der Waals surface area contributed by atoms with Crippen molar-refractivity contribution in [2.45, 2.75) is 6.54 Å². The second kappa shape index (κ2) is 4.23. The maximum absolute atomic E-state index is 5.71. The van der Waals surface area contributed by atoms with Crippen molar-refractivity contribution in [3.63, 3.8) is 0 Å². The molecule has 0 amide bonds. The van der Waals surface area contributed by atoms with Gasteiger partial charge >= 0.3 is 0 Å². The van der Waals surface area contributed by atoms with Crippen molar-refractivity contribution in [3.05, 3.63) is 40.6 Å². The number of anilines is 3. The van der Waals surface area contributed by atoms with Gasteiger partial charge in [0.1, 0.15) is 0 Å². The summed E-state index contributed by atoms with van der Waals surface area (Å²) in [5, 5.41) is 7.47. The van der Waals surface area contributed by atoms with E-state index in [1.54, 1.807) is 11.3 Å². The number of nitrogen functional groups attached to an aromatic ring is 2. The van der Waals surface area contributed by atoms with E-state index in [-0.39, 0.29) is 0 Å². The van der Waals surface area contributed by atoms with Crippen LogP contribution in [0.2, 0.25) is 0 Å². The largest absolute Gasteiger partial charge is 0.397 e. The predicted molar refractivity (Wildman–Crippen MR) is 66.9 cm³/mol.